The summed E-state index contributed by atoms with van der Waals surface area (Å²) in [5, 5.41) is 0. The predicted octanol–water partition coefficient (Wildman–Crippen LogP) is 6.07. The number of hydrogen-bond donors (Lipinski definition) is 0. The van der Waals surface area contributed by atoms with Crippen LogP contribution in [0.4, 0.5) is 0 Å². The summed E-state index contributed by atoms with van der Waals surface area (Å²) in [7, 11) is -0.388. The molecule has 2 saturated heterocycles. The lowest BCUT2D eigenvalue weighted by Crippen LogP contribution is -2.41. The fourth-order valence-electron chi connectivity index (χ4n) is 3.62. The van der Waals surface area contributed by atoms with Crippen molar-refractivity contribution in [3.8, 4) is 0 Å². The third-order valence-corrected chi connectivity index (χ3v) is 7.03. The van der Waals surface area contributed by atoms with E-state index in [1.807, 2.05) is 0 Å². The van der Waals surface area contributed by atoms with Gasteiger partial charge in [0.2, 0.25) is 0 Å². The number of hydrogen-bond acceptors (Lipinski definition) is 4. The fourth-order valence-corrected chi connectivity index (χ4v) is 3.62. The average molecular weight is 392 g/mol. The van der Waals surface area contributed by atoms with Crippen LogP contribution in [0.1, 0.15) is 94.4 Å². The minimum absolute atomic E-state index is 0.193. The molecule has 0 unspecified atom stereocenters. The fraction of sp³-hybridized carbons (Fsp3) is 0.909. The summed E-state index contributed by atoms with van der Waals surface area (Å²) in [6.07, 6.45) is 11.3. The Balaban J connectivity index is 1.99. The highest BCUT2D eigenvalue weighted by molar-refractivity contribution is 6.48. The molecule has 2 fully saturated rings. The van der Waals surface area contributed by atoms with Gasteiger partial charge in [-0.2, -0.15) is 0 Å². The second kappa shape index (κ2) is 8.83. The lowest BCUT2D eigenvalue weighted by molar-refractivity contribution is 0.00578. The molecular formula is C22H42B2O4. The van der Waals surface area contributed by atoms with E-state index in [4.69, 9.17) is 18.6 Å². The standard InChI is InChI=1S/C22H42B2O4/c1-10-11-12-13-15-18(24-27-21(6,7)22(8,9)28-24)16-14-17-23-25-19(2,3)20(4,5)26-23/h14,16,18H,10-13,15,17H2,1-9H3/b16-14-/t18-/m1/s1. The molecule has 2 aliphatic heterocycles. The van der Waals surface area contributed by atoms with Gasteiger partial charge in [0, 0.05) is 12.1 Å². The van der Waals surface area contributed by atoms with Crippen molar-refractivity contribution < 1.29 is 18.6 Å². The van der Waals surface area contributed by atoms with Gasteiger partial charge in [0.25, 0.3) is 0 Å². The Labute approximate surface area is 174 Å². The molecule has 0 amide bonds. The van der Waals surface area contributed by atoms with Gasteiger partial charge >= 0.3 is 14.2 Å². The quantitative estimate of drug-likeness (QED) is 0.271. The highest BCUT2D eigenvalue weighted by Crippen LogP contribution is 2.42. The van der Waals surface area contributed by atoms with E-state index in [-0.39, 0.29) is 42.5 Å². The van der Waals surface area contributed by atoms with Crippen molar-refractivity contribution in [3.05, 3.63) is 12.2 Å². The molecule has 0 N–H and O–H groups in total. The molecule has 4 nitrogen and oxygen atoms in total. The van der Waals surface area contributed by atoms with Gasteiger partial charge in [0.05, 0.1) is 22.4 Å². The van der Waals surface area contributed by atoms with Crippen LogP contribution in [0.15, 0.2) is 12.2 Å². The zero-order chi connectivity index (χ0) is 21.2. The van der Waals surface area contributed by atoms with E-state index in [0.717, 1.165) is 12.7 Å². The molecule has 0 spiro atoms. The SMILES string of the molecule is CCCCCC[C@H](/C=C\CB1OC(C)(C)C(C)(C)O1)B1OC(C)(C)C(C)(C)O1. The molecule has 2 heterocycles. The molecule has 1 atom stereocenters. The Morgan fingerprint density at radius 2 is 1.21 bits per heavy atom. The molecule has 0 bridgehead atoms. The molecule has 28 heavy (non-hydrogen) atoms. The van der Waals surface area contributed by atoms with E-state index < -0.39 is 0 Å². The molecule has 0 aliphatic carbocycles. The summed E-state index contributed by atoms with van der Waals surface area (Å²) in [6.45, 7) is 19.1. The molecule has 0 saturated carbocycles. The number of unbranched alkanes of at least 4 members (excludes halogenated alkanes) is 3. The maximum atomic E-state index is 6.34. The van der Waals surface area contributed by atoms with Crippen molar-refractivity contribution >= 4 is 14.2 Å². The molecule has 0 radical (unpaired) electrons. The highest BCUT2D eigenvalue weighted by Gasteiger charge is 2.53. The van der Waals surface area contributed by atoms with Gasteiger partial charge in [-0.1, -0.05) is 44.8 Å². The Kier molecular flexibility index (Phi) is 7.57. The lowest BCUT2D eigenvalue weighted by atomic mass is 9.68. The molecule has 2 aliphatic rings. The van der Waals surface area contributed by atoms with E-state index >= 15 is 0 Å². The molecule has 2 rings (SSSR count). The zero-order valence-corrected chi connectivity index (χ0v) is 19.8. The maximum absolute atomic E-state index is 6.34. The third-order valence-electron chi connectivity index (χ3n) is 7.03. The number of allylic oxidation sites excluding steroid dienone is 2. The second-order valence-electron chi connectivity index (χ2n) is 10.5. The summed E-state index contributed by atoms with van der Waals surface area (Å²) in [5.41, 5.74) is -1.15. The van der Waals surface area contributed by atoms with Gasteiger partial charge in [-0.3, -0.25) is 0 Å². The van der Waals surface area contributed by atoms with E-state index in [1.165, 1.54) is 25.7 Å². The summed E-state index contributed by atoms with van der Waals surface area (Å²) < 4.78 is 24.9. The summed E-state index contributed by atoms with van der Waals surface area (Å²) in [6, 6.07) is 0. The van der Waals surface area contributed by atoms with Gasteiger partial charge in [-0.05, 0) is 61.8 Å². The summed E-state index contributed by atoms with van der Waals surface area (Å²) >= 11 is 0. The first-order chi connectivity index (χ1) is 12.8. The van der Waals surface area contributed by atoms with Gasteiger partial charge in [0.15, 0.2) is 0 Å². The molecule has 0 aromatic carbocycles. The van der Waals surface area contributed by atoms with Gasteiger partial charge in [0.1, 0.15) is 0 Å². The van der Waals surface area contributed by atoms with E-state index in [1.54, 1.807) is 0 Å². The smallest absolute Gasteiger partial charge is 0.403 e. The molecule has 0 aromatic rings. The van der Waals surface area contributed by atoms with Crippen LogP contribution in [-0.4, -0.2) is 36.6 Å². The first kappa shape index (κ1) is 24.0. The average Bonchev–Trinajstić information content (AvgIpc) is 2.88. The van der Waals surface area contributed by atoms with Crippen LogP contribution in [0.5, 0.6) is 0 Å². The Morgan fingerprint density at radius 1 is 0.714 bits per heavy atom. The first-order valence-electron chi connectivity index (χ1n) is 11.2. The van der Waals surface area contributed by atoms with Gasteiger partial charge < -0.3 is 18.6 Å². The largest absolute Gasteiger partial charge is 0.465 e. The van der Waals surface area contributed by atoms with Crippen LogP contribution in [0.3, 0.4) is 0 Å². The van der Waals surface area contributed by atoms with Gasteiger partial charge in [-0.25, -0.2) is 0 Å². The van der Waals surface area contributed by atoms with Crippen molar-refractivity contribution in [1.82, 2.24) is 0 Å². The minimum Gasteiger partial charge on any atom is -0.403 e. The minimum atomic E-state index is -0.293. The lowest BCUT2D eigenvalue weighted by Gasteiger charge is -2.32. The molecule has 160 valence electrons. The van der Waals surface area contributed by atoms with Crippen molar-refractivity contribution in [3.63, 3.8) is 0 Å². The normalized spacial score (nSPS) is 26.3. The van der Waals surface area contributed by atoms with E-state index in [0.29, 0.717) is 0 Å². The van der Waals surface area contributed by atoms with Crippen LogP contribution >= 0.6 is 0 Å². The summed E-state index contributed by atoms with van der Waals surface area (Å²) in [4.78, 5) is 0. The van der Waals surface area contributed by atoms with Crippen molar-refractivity contribution in [1.29, 1.82) is 0 Å². The topological polar surface area (TPSA) is 36.9 Å². The molecule has 6 heteroatoms. The van der Waals surface area contributed by atoms with Crippen LogP contribution in [-0.2, 0) is 18.6 Å². The third kappa shape index (κ3) is 5.44. The second-order valence-corrected chi connectivity index (χ2v) is 10.5. The van der Waals surface area contributed by atoms with Crippen LogP contribution in [0.2, 0.25) is 12.1 Å². The monoisotopic (exact) mass is 392 g/mol. The highest BCUT2D eigenvalue weighted by atomic mass is 16.7. The van der Waals surface area contributed by atoms with Crippen LogP contribution in [0.25, 0.3) is 0 Å². The van der Waals surface area contributed by atoms with Gasteiger partial charge in [-0.15, -0.1) is 0 Å². The Morgan fingerprint density at radius 3 is 1.71 bits per heavy atom. The van der Waals surface area contributed by atoms with Crippen LogP contribution in [0, 0.1) is 0 Å². The molecule has 0 aromatic heterocycles. The Hall–Kier alpha value is -0.290. The number of rotatable bonds is 9. The van der Waals surface area contributed by atoms with Crippen molar-refractivity contribution in [2.24, 2.45) is 0 Å². The maximum Gasteiger partial charge on any atom is 0.465 e. The molecular weight excluding hydrogens is 350 g/mol. The predicted molar refractivity (Wildman–Crippen MR) is 119 cm³/mol. The van der Waals surface area contributed by atoms with E-state index in [2.05, 4.69) is 74.5 Å². The van der Waals surface area contributed by atoms with Crippen molar-refractivity contribution in [2.45, 2.75) is 129 Å². The van der Waals surface area contributed by atoms with Crippen LogP contribution < -0.4 is 0 Å². The zero-order valence-electron chi connectivity index (χ0n) is 19.8. The van der Waals surface area contributed by atoms with E-state index in [9.17, 15) is 0 Å². The Bertz CT molecular complexity index is 511. The summed E-state index contributed by atoms with van der Waals surface area (Å²) in [5.74, 6) is 0.250. The first-order valence-corrected chi connectivity index (χ1v) is 11.2. The van der Waals surface area contributed by atoms with Crippen molar-refractivity contribution in [2.75, 3.05) is 0 Å².